The summed E-state index contributed by atoms with van der Waals surface area (Å²) in [5, 5.41) is 15.2. The molecular weight excluding hydrogens is 256 g/mol. The number of hydrogen-bond donors (Lipinski definition) is 2. The zero-order chi connectivity index (χ0) is 14.2. The third-order valence-corrected chi connectivity index (χ3v) is 3.07. The molecule has 1 aromatic carbocycles. The summed E-state index contributed by atoms with van der Waals surface area (Å²) in [4.78, 5) is 13.4. The molecule has 0 unspecified atom stereocenters. The molecule has 0 spiro atoms. The van der Waals surface area contributed by atoms with Crippen molar-refractivity contribution in [2.24, 2.45) is 0 Å². The van der Waals surface area contributed by atoms with E-state index >= 15 is 0 Å². The zero-order valence-electron chi connectivity index (χ0n) is 11.3. The van der Waals surface area contributed by atoms with Crippen LogP contribution in [0.1, 0.15) is 5.56 Å². The molecule has 0 saturated carbocycles. The average molecular weight is 274 g/mol. The van der Waals surface area contributed by atoms with Crippen LogP contribution in [0, 0.1) is 11.3 Å². The van der Waals surface area contributed by atoms with Gasteiger partial charge in [0.15, 0.2) is 0 Å². The maximum Gasteiger partial charge on any atom is 0.409 e. The summed E-state index contributed by atoms with van der Waals surface area (Å²) in [7, 11) is 0. The molecule has 6 heteroatoms. The van der Waals surface area contributed by atoms with E-state index in [9.17, 15) is 4.79 Å². The first-order valence-corrected chi connectivity index (χ1v) is 6.66. The highest BCUT2D eigenvalue weighted by molar-refractivity contribution is 5.67. The van der Waals surface area contributed by atoms with E-state index in [0.29, 0.717) is 25.2 Å². The minimum atomic E-state index is -0.276. The molecule has 0 aliphatic carbocycles. The summed E-state index contributed by atoms with van der Waals surface area (Å²) in [5.41, 5.74) is 1.34. The van der Waals surface area contributed by atoms with Crippen LogP contribution in [0.3, 0.4) is 0 Å². The van der Waals surface area contributed by atoms with E-state index in [1.54, 1.807) is 11.0 Å². The minimum Gasteiger partial charge on any atom is -0.448 e. The van der Waals surface area contributed by atoms with E-state index in [0.717, 1.165) is 18.8 Å². The first-order valence-electron chi connectivity index (χ1n) is 6.66. The number of nitriles is 1. The van der Waals surface area contributed by atoms with Crippen LogP contribution in [0.2, 0.25) is 0 Å². The van der Waals surface area contributed by atoms with Gasteiger partial charge in [-0.3, -0.25) is 0 Å². The molecule has 106 valence electrons. The fraction of sp³-hybridized carbons (Fsp3) is 0.429. The Morgan fingerprint density at radius 2 is 2.15 bits per heavy atom. The van der Waals surface area contributed by atoms with Crippen molar-refractivity contribution in [2.75, 3.05) is 44.6 Å². The summed E-state index contributed by atoms with van der Waals surface area (Å²) in [5.74, 6) is 0. The number of hydrogen-bond acceptors (Lipinski definition) is 5. The molecule has 0 atom stereocenters. The molecule has 1 aliphatic rings. The van der Waals surface area contributed by atoms with E-state index in [-0.39, 0.29) is 12.7 Å². The van der Waals surface area contributed by atoms with Gasteiger partial charge in [-0.05, 0) is 12.1 Å². The second-order valence-electron chi connectivity index (χ2n) is 4.44. The molecule has 20 heavy (non-hydrogen) atoms. The number of amides is 1. The van der Waals surface area contributed by atoms with Crippen LogP contribution in [-0.4, -0.2) is 50.3 Å². The van der Waals surface area contributed by atoms with Gasteiger partial charge in [-0.1, -0.05) is 12.1 Å². The fourth-order valence-electron chi connectivity index (χ4n) is 2.00. The Hall–Kier alpha value is -2.26. The summed E-state index contributed by atoms with van der Waals surface area (Å²) in [6, 6.07) is 9.36. The van der Waals surface area contributed by atoms with E-state index in [1.807, 2.05) is 18.2 Å². The van der Waals surface area contributed by atoms with Crippen molar-refractivity contribution in [3.8, 4) is 6.07 Å². The average Bonchev–Trinajstić information content (AvgIpc) is 2.52. The number of benzene rings is 1. The van der Waals surface area contributed by atoms with Crippen LogP contribution in [0.25, 0.3) is 0 Å². The van der Waals surface area contributed by atoms with Gasteiger partial charge < -0.3 is 20.3 Å². The van der Waals surface area contributed by atoms with Gasteiger partial charge in [0.2, 0.25) is 0 Å². The monoisotopic (exact) mass is 274 g/mol. The van der Waals surface area contributed by atoms with Gasteiger partial charge in [0.25, 0.3) is 0 Å². The predicted molar refractivity (Wildman–Crippen MR) is 75.4 cm³/mol. The van der Waals surface area contributed by atoms with E-state index in [1.165, 1.54) is 0 Å². The quantitative estimate of drug-likeness (QED) is 0.801. The first kappa shape index (κ1) is 14.2. The van der Waals surface area contributed by atoms with Crippen LogP contribution in [0.4, 0.5) is 10.5 Å². The third kappa shape index (κ3) is 3.87. The Morgan fingerprint density at radius 1 is 1.40 bits per heavy atom. The third-order valence-electron chi connectivity index (χ3n) is 3.07. The molecule has 0 radical (unpaired) electrons. The lowest BCUT2D eigenvalue weighted by Gasteiger charge is -2.26. The molecule has 1 aromatic rings. The molecule has 0 aromatic heterocycles. The zero-order valence-corrected chi connectivity index (χ0v) is 11.3. The SMILES string of the molecule is N#Cc1ccccc1NCCOC(=O)N1CCNCC1. The van der Waals surface area contributed by atoms with Gasteiger partial charge in [-0.25, -0.2) is 4.79 Å². The Balaban J connectivity index is 1.71. The van der Waals surface area contributed by atoms with Crippen molar-refractivity contribution in [1.29, 1.82) is 5.26 Å². The number of ether oxygens (including phenoxy) is 1. The number of piperazine rings is 1. The number of nitrogens with one attached hydrogen (secondary N) is 2. The number of anilines is 1. The normalized spacial score (nSPS) is 14.4. The highest BCUT2D eigenvalue weighted by Gasteiger charge is 2.16. The largest absolute Gasteiger partial charge is 0.448 e. The van der Waals surface area contributed by atoms with Crippen LogP contribution >= 0.6 is 0 Å². The van der Waals surface area contributed by atoms with Gasteiger partial charge in [-0.2, -0.15) is 5.26 Å². The molecule has 6 nitrogen and oxygen atoms in total. The number of nitrogens with zero attached hydrogens (tertiary/aromatic N) is 2. The number of carbonyl (C=O) groups excluding carboxylic acids is 1. The van der Waals surface area contributed by atoms with Crippen molar-refractivity contribution in [1.82, 2.24) is 10.2 Å². The summed E-state index contributed by atoms with van der Waals surface area (Å²) in [6.07, 6.45) is -0.276. The molecular formula is C14H18N4O2. The summed E-state index contributed by atoms with van der Waals surface area (Å²) >= 11 is 0. The lowest BCUT2D eigenvalue weighted by atomic mass is 10.2. The van der Waals surface area contributed by atoms with Gasteiger partial charge >= 0.3 is 6.09 Å². The lowest BCUT2D eigenvalue weighted by molar-refractivity contribution is 0.101. The van der Waals surface area contributed by atoms with Crippen molar-refractivity contribution in [3.63, 3.8) is 0 Å². The molecule has 1 aliphatic heterocycles. The van der Waals surface area contributed by atoms with Crippen LogP contribution in [-0.2, 0) is 4.74 Å². The molecule has 0 bridgehead atoms. The molecule has 1 heterocycles. The number of rotatable bonds is 4. The second kappa shape index (κ2) is 7.36. The van der Waals surface area contributed by atoms with Gasteiger partial charge in [0, 0.05) is 32.7 Å². The lowest BCUT2D eigenvalue weighted by Crippen LogP contribution is -2.46. The van der Waals surface area contributed by atoms with Gasteiger partial charge in [0.05, 0.1) is 11.3 Å². The number of para-hydroxylation sites is 1. The van der Waals surface area contributed by atoms with E-state index in [4.69, 9.17) is 10.00 Å². The maximum atomic E-state index is 11.7. The van der Waals surface area contributed by atoms with Gasteiger partial charge in [-0.15, -0.1) is 0 Å². The van der Waals surface area contributed by atoms with Crippen LogP contribution in [0.5, 0.6) is 0 Å². The van der Waals surface area contributed by atoms with E-state index in [2.05, 4.69) is 16.7 Å². The van der Waals surface area contributed by atoms with Crippen molar-refractivity contribution in [3.05, 3.63) is 29.8 Å². The summed E-state index contributed by atoms with van der Waals surface area (Å²) in [6.45, 7) is 3.75. The van der Waals surface area contributed by atoms with Crippen molar-refractivity contribution < 1.29 is 9.53 Å². The Bertz CT molecular complexity index is 492. The highest BCUT2D eigenvalue weighted by atomic mass is 16.6. The first-order chi connectivity index (χ1) is 9.81. The molecule has 1 amide bonds. The molecule has 2 rings (SSSR count). The summed E-state index contributed by atoms with van der Waals surface area (Å²) < 4.78 is 5.19. The fourth-order valence-corrected chi connectivity index (χ4v) is 2.00. The Labute approximate surface area is 118 Å². The number of carbonyl (C=O) groups is 1. The van der Waals surface area contributed by atoms with Crippen LogP contribution < -0.4 is 10.6 Å². The molecule has 1 saturated heterocycles. The predicted octanol–water partition coefficient (Wildman–Crippen LogP) is 1.01. The van der Waals surface area contributed by atoms with Gasteiger partial charge in [0.1, 0.15) is 12.7 Å². The smallest absolute Gasteiger partial charge is 0.409 e. The standard InChI is InChI=1S/C14H18N4O2/c15-11-12-3-1-2-4-13(12)17-7-10-20-14(19)18-8-5-16-6-9-18/h1-4,16-17H,5-10H2. The second-order valence-corrected chi connectivity index (χ2v) is 4.44. The Kier molecular flexibility index (Phi) is 5.21. The Morgan fingerprint density at radius 3 is 2.90 bits per heavy atom. The van der Waals surface area contributed by atoms with Crippen molar-refractivity contribution in [2.45, 2.75) is 0 Å². The van der Waals surface area contributed by atoms with E-state index < -0.39 is 0 Å². The van der Waals surface area contributed by atoms with Crippen molar-refractivity contribution >= 4 is 11.8 Å². The minimum absolute atomic E-state index is 0.276. The topological polar surface area (TPSA) is 77.4 Å². The van der Waals surface area contributed by atoms with Crippen LogP contribution in [0.15, 0.2) is 24.3 Å². The maximum absolute atomic E-state index is 11.7. The molecule has 2 N–H and O–H groups in total. The highest BCUT2D eigenvalue weighted by Crippen LogP contribution is 2.12. The molecule has 1 fully saturated rings.